The second-order valence-electron chi connectivity index (χ2n) is 4.21. The minimum absolute atomic E-state index is 0.0358. The predicted molar refractivity (Wildman–Crippen MR) is 82.2 cm³/mol. The molecule has 0 aliphatic rings. The first-order valence-electron chi connectivity index (χ1n) is 5.82. The summed E-state index contributed by atoms with van der Waals surface area (Å²) < 4.78 is 19.5. The van der Waals surface area contributed by atoms with E-state index in [9.17, 15) is 9.50 Å². The molecule has 2 aromatic carbocycles. The molecule has 0 spiro atoms. The van der Waals surface area contributed by atoms with E-state index >= 15 is 0 Å². The molecule has 0 radical (unpaired) electrons. The number of hydrogen-bond donors (Lipinski definition) is 1. The van der Waals surface area contributed by atoms with E-state index < -0.39 is 0 Å². The van der Waals surface area contributed by atoms with Gasteiger partial charge >= 0.3 is 0 Å². The number of nitrogens with zero attached hydrogens (tertiary/aromatic N) is 2. The number of aromatic hydroxyl groups is 1. The number of benzene rings is 2. The number of hydrogen-bond acceptors (Lipinski definition) is 4. The molecule has 1 heterocycles. The van der Waals surface area contributed by atoms with Crippen molar-refractivity contribution >= 4 is 31.9 Å². The van der Waals surface area contributed by atoms with Crippen LogP contribution in [0.2, 0.25) is 0 Å². The summed E-state index contributed by atoms with van der Waals surface area (Å²) in [5.41, 5.74) is 1.03. The second kappa shape index (κ2) is 5.57. The summed E-state index contributed by atoms with van der Waals surface area (Å²) in [5, 5.41) is 13.7. The highest BCUT2D eigenvalue weighted by molar-refractivity contribution is 9.10. The van der Waals surface area contributed by atoms with Gasteiger partial charge in [0.1, 0.15) is 11.6 Å². The summed E-state index contributed by atoms with van der Waals surface area (Å²) in [6.07, 6.45) is 0. The van der Waals surface area contributed by atoms with Gasteiger partial charge in [0, 0.05) is 10.0 Å². The maximum Gasteiger partial charge on any atom is 0.262 e. The molecule has 0 saturated carbocycles. The largest absolute Gasteiger partial charge is 0.507 e. The zero-order chi connectivity index (χ0) is 15.0. The van der Waals surface area contributed by atoms with E-state index in [0.717, 1.165) is 4.47 Å². The van der Waals surface area contributed by atoms with Gasteiger partial charge in [-0.2, -0.15) is 4.98 Å². The average molecular weight is 414 g/mol. The fourth-order valence-electron chi connectivity index (χ4n) is 1.76. The van der Waals surface area contributed by atoms with E-state index in [4.69, 9.17) is 4.52 Å². The molecule has 0 fully saturated rings. The SMILES string of the molecule is Oc1ccc(Br)cc1-c1nc(-c2ccc(F)c(Br)c2)no1. The Morgan fingerprint density at radius 2 is 1.90 bits per heavy atom. The Hall–Kier alpha value is -1.73. The van der Waals surface area contributed by atoms with Gasteiger partial charge in [0.05, 0.1) is 10.0 Å². The van der Waals surface area contributed by atoms with Gasteiger partial charge in [-0.15, -0.1) is 0 Å². The molecule has 0 saturated heterocycles. The number of halogens is 3. The lowest BCUT2D eigenvalue weighted by molar-refractivity contribution is 0.425. The van der Waals surface area contributed by atoms with Crippen molar-refractivity contribution < 1.29 is 14.0 Å². The Morgan fingerprint density at radius 3 is 2.67 bits per heavy atom. The number of aromatic nitrogens is 2. The smallest absolute Gasteiger partial charge is 0.262 e. The molecule has 21 heavy (non-hydrogen) atoms. The standard InChI is InChI=1S/C14H7Br2FN2O2/c15-8-2-4-12(20)9(6-8)14-18-13(19-21-14)7-1-3-11(17)10(16)5-7/h1-6,20H. The summed E-state index contributed by atoms with van der Waals surface area (Å²) in [5.74, 6) is 0.162. The van der Waals surface area contributed by atoms with Crippen molar-refractivity contribution in [2.75, 3.05) is 0 Å². The third-order valence-electron chi connectivity index (χ3n) is 2.79. The number of phenolic OH excluding ortho intramolecular Hbond substituents is 1. The molecule has 106 valence electrons. The Balaban J connectivity index is 2.03. The first-order chi connectivity index (χ1) is 10.0. The Kier molecular flexibility index (Phi) is 3.77. The highest BCUT2D eigenvalue weighted by Gasteiger charge is 2.15. The van der Waals surface area contributed by atoms with Crippen LogP contribution >= 0.6 is 31.9 Å². The first kappa shape index (κ1) is 14.2. The molecule has 0 amide bonds. The van der Waals surface area contributed by atoms with Crippen LogP contribution in [0.15, 0.2) is 49.9 Å². The quantitative estimate of drug-likeness (QED) is 0.657. The molecule has 0 atom stereocenters. The molecular weight excluding hydrogens is 407 g/mol. The number of rotatable bonds is 2. The molecule has 0 unspecified atom stereocenters. The van der Waals surface area contributed by atoms with E-state index in [1.54, 1.807) is 24.3 Å². The maximum absolute atomic E-state index is 13.2. The van der Waals surface area contributed by atoms with Crippen molar-refractivity contribution in [2.45, 2.75) is 0 Å². The first-order valence-corrected chi connectivity index (χ1v) is 7.41. The van der Waals surface area contributed by atoms with Gasteiger partial charge in [0.2, 0.25) is 5.82 Å². The third-order valence-corrected chi connectivity index (χ3v) is 3.89. The van der Waals surface area contributed by atoms with Gasteiger partial charge < -0.3 is 9.63 Å². The normalized spacial score (nSPS) is 10.8. The lowest BCUT2D eigenvalue weighted by atomic mass is 10.2. The summed E-state index contributed by atoms with van der Waals surface area (Å²) in [6, 6.07) is 9.32. The van der Waals surface area contributed by atoms with E-state index in [2.05, 4.69) is 42.0 Å². The van der Waals surface area contributed by atoms with Gasteiger partial charge in [-0.1, -0.05) is 21.1 Å². The van der Waals surface area contributed by atoms with Crippen LogP contribution in [0.25, 0.3) is 22.8 Å². The summed E-state index contributed by atoms with van der Waals surface area (Å²) in [4.78, 5) is 4.22. The minimum Gasteiger partial charge on any atom is -0.507 e. The molecule has 3 aromatic rings. The Bertz CT molecular complexity index is 820. The minimum atomic E-state index is -0.368. The van der Waals surface area contributed by atoms with Crippen LogP contribution in [0.5, 0.6) is 5.75 Å². The molecular formula is C14H7Br2FN2O2. The monoisotopic (exact) mass is 412 g/mol. The van der Waals surface area contributed by atoms with Gasteiger partial charge in [0.25, 0.3) is 5.89 Å². The molecule has 1 aromatic heterocycles. The van der Waals surface area contributed by atoms with Crippen LogP contribution in [-0.4, -0.2) is 15.2 Å². The lowest BCUT2D eigenvalue weighted by Crippen LogP contribution is -1.84. The van der Waals surface area contributed by atoms with Crippen molar-refractivity contribution in [3.05, 3.63) is 51.2 Å². The zero-order valence-corrected chi connectivity index (χ0v) is 13.5. The fraction of sp³-hybridized carbons (Fsp3) is 0. The average Bonchev–Trinajstić information content (AvgIpc) is 2.94. The van der Waals surface area contributed by atoms with Crippen LogP contribution in [0.4, 0.5) is 4.39 Å². The van der Waals surface area contributed by atoms with Crippen LogP contribution in [0, 0.1) is 5.82 Å². The van der Waals surface area contributed by atoms with Crippen LogP contribution < -0.4 is 0 Å². The van der Waals surface area contributed by atoms with Gasteiger partial charge in [-0.25, -0.2) is 4.39 Å². The Morgan fingerprint density at radius 1 is 1.10 bits per heavy atom. The zero-order valence-electron chi connectivity index (χ0n) is 10.3. The van der Waals surface area contributed by atoms with E-state index in [1.807, 2.05) is 0 Å². The van der Waals surface area contributed by atoms with Crippen LogP contribution in [-0.2, 0) is 0 Å². The maximum atomic E-state index is 13.2. The molecule has 1 N–H and O–H groups in total. The molecule has 4 nitrogen and oxygen atoms in total. The van der Waals surface area contributed by atoms with Crippen molar-refractivity contribution in [3.8, 4) is 28.6 Å². The Labute approximate surface area is 135 Å². The summed E-state index contributed by atoms with van der Waals surface area (Å²) in [7, 11) is 0. The number of phenols is 1. The van der Waals surface area contributed by atoms with Crippen LogP contribution in [0.3, 0.4) is 0 Å². The fourth-order valence-corrected chi connectivity index (χ4v) is 2.50. The molecule has 7 heteroatoms. The third kappa shape index (κ3) is 2.84. The van der Waals surface area contributed by atoms with Gasteiger partial charge in [-0.3, -0.25) is 0 Å². The molecule has 0 bridgehead atoms. The summed E-state index contributed by atoms with van der Waals surface area (Å²) in [6.45, 7) is 0. The highest BCUT2D eigenvalue weighted by Crippen LogP contribution is 2.32. The van der Waals surface area contributed by atoms with Gasteiger partial charge in [-0.05, 0) is 52.3 Å². The molecule has 3 rings (SSSR count). The van der Waals surface area contributed by atoms with Crippen LogP contribution in [0.1, 0.15) is 0 Å². The van der Waals surface area contributed by atoms with Crippen molar-refractivity contribution in [1.29, 1.82) is 0 Å². The van der Waals surface area contributed by atoms with E-state index in [0.29, 0.717) is 21.4 Å². The predicted octanol–water partition coefficient (Wildman–Crippen LogP) is 4.77. The molecule has 0 aliphatic carbocycles. The lowest BCUT2D eigenvalue weighted by Gasteiger charge is -1.99. The van der Waals surface area contributed by atoms with E-state index in [-0.39, 0.29) is 17.5 Å². The second-order valence-corrected chi connectivity index (χ2v) is 5.98. The van der Waals surface area contributed by atoms with E-state index in [1.165, 1.54) is 12.1 Å². The topological polar surface area (TPSA) is 59.2 Å². The highest BCUT2D eigenvalue weighted by atomic mass is 79.9. The van der Waals surface area contributed by atoms with Crippen molar-refractivity contribution in [3.63, 3.8) is 0 Å². The molecule has 0 aliphatic heterocycles. The van der Waals surface area contributed by atoms with Crippen molar-refractivity contribution in [2.24, 2.45) is 0 Å². The summed E-state index contributed by atoms with van der Waals surface area (Å²) >= 11 is 6.42. The van der Waals surface area contributed by atoms with Crippen molar-refractivity contribution in [1.82, 2.24) is 10.1 Å². The van der Waals surface area contributed by atoms with Gasteiger partial charge in [0.15, 0.2) is 0 Å².